The van der Waals surface area contributed by atoms with E-state index in [4.69, 9.17) is 71.1 Å². The van der Waals surface area contributed by atoms with Gasteiger partial charge < -0.3 is 71.1 Å². The average molecular weight is 1790 g/mol. The predicted octanol–water partition coefficient (Wildman–Crippen LogP) is 27.6. The molecule has 0 spiro atoms. The summed E-state index contributed by atoms with van der Waals surface area (Å²) >= 11 is 0. The zero-order valence-electron chi connectivity index (χ0n) is 93.1. The first-order valence-electron chi connectivity index (χ1n) is 51.8. The van der Waals surface area contributed by atoms with Gasteiger partial charge in [-0.05, 0) is 353 Å². The van der Waals surface area contributed by atoms with Gasteiger partial charge in [-0.3, -0.25) is 4.90 Å². The van der Waals surface area contributed by atoms with Crippen molar-refractivity contribution >= 4 is 0 Å². The van der Waals surface area contributed by atoms with E-state index in [9.17, 15) is 0 Å². The highest BCUT2D eigenvalue weighted by Crippen LogP contribution is 2.55. The van der Waals surface area contributed by atoms with Gasteiger partial charge in [0.05, 0.1) is 162 Å². The molecule has 0 aromatic heterocycles. The number of rotatable bonds is 58. The molecule has 2 fully saturated rings. The van der Waals surface area contributed by atoms with Gasteiger partial charge in [-0.25, -0.2) is 0 Å². The van der Waals surface area contributed by atoms with Crippen molar-refractivity contribution in [2.24, 2.45) is 118 Å². The fraction of sp³-hybridized carbons (Fsp3) is 1.00. The van der Waals surface area contributed by atoms with Crippen molar-refractivity contribution < 1.29 is 71.1 Å². The molecule has 2 rings (SSSR count). The molecular weight excluding hydrogens is 1560 g/mol. The van der Waals surface area contributed by atoms with Gasteiger partial charge in [-0.15, -0.1) is 0 Å². The molecule has 756 valence electrons. The van der Waals surface area contributed by atoms with E-state index in [1.165, 1.54) is 19.3 Å². The summed E-state index contributed by atoms with van der Waals surface area (Å²) in [6.45, 7) is 121. The van der Waals surface area contributed by atoms with Gasteiger partial charge in [-0.2, -0.15) is 0 Å². The van der Waals surface area contributed by atoms with Gasteiger partial charge >= 0.3 is 0 Å². The second-order valence-electron chi connectivity index (χ2n) is 45.8. The highest BCUT2D eigenvalue weighted by Gasteiger charge is 2.51. The Balaban J connectivity index is -0.00000150. The summed E-state index contributed by atoms with van der Waals surface area (Å²) in [6, 6.07) is 0. The van der Waals surface area contributed by atoms with Crippen LogP contribution in [0.25, 0.3) is 0 Å². The van der Waals surface area contributed by atoms with Gasteiger partial charge in [0.2, 0.25) is 0 Å². The Labute approximate surface area is 781 Å². The zero-order valence-corrected chi connectivity index (χ0v) is 93.1. The van der Waals surface area contributed by atoms with Crippen LogP contribution in [-0.2, 0) is 71.1 Å². The van der Waals surface area contributed by atoms with Gasteiger partial charge in [-0.1, -0.05) is 145 Å². The normalized spacial score (nSPS) is 22.2. The molecule has 2 aliphatic carbocycles. The van der Waals surface area contributed by atoms with Crippen molar-refractivity contribution in [3.63, 3.8) is 0 Å². The molecule has 0 radical (unpaired) electrons. The Morgan fingerprint density at radius 3 is 1.01 bits per heavy atom. The monoisotopic (exact) mass is 1790 g/mol. The van der Waals surface area contributed by atoms with Crippen molar-refractivity contribution in [2.45, 2.75) is 532 Å². The zero-order chi connectivity index (χ0) is 97.7. The summed E-state index contributed by atoms with van der Waals surface area (Å²) in [5, 5.41) is 0. The summed E-state index contributed by atoms with van der Waals surface area (Å²) in [5.74, 6) is 16.2. The van der Waals surface area contributed by atoms with E-state index in [0.717, 1.165) is 132 Å². The van der Waals surface area contributed by atoms with Gasteiger partial charge in [0.1, 0.15) is 30.5 Å². The molecule has 0 aliphatic heterocycles. The second-order valence-corrected chi connectivity index (χ2v) is 45.8. The Morgan fingerprint density at radius 1 is 0.296 bits per heavy atom. The molecule has 0 aromatic carbocycles. The van der Waals surface area contributed by atoms with Crippen molar-refractivity contribution in [2.75, 3.05) is 59.3 Å². The van der Waals surface area contributed by atoms with Crippen LogP contribution >= 0.6 is 0 Å². The van der Waals surface area contributed by atoms with E-state index < -0.39 is 5.54 Å². The second kappa shape index (κ2) is 67.5. The molecule has 2 aliphatic rings. The lowest BCUT2D eigenvalue weighted by Gasteiger charge is -2.54. The van der Waals surface area contributed by atoms with Crippen molar-refractivity contribution in [3.05, 3.63) is 0 Å². The SMILES string of the molecule is CC(C)CC(C(C)C)C(C(C)C)C(C(C)C)C(C)C(C)C.CC(C)CC1CC(C(C)C)C(C(C)C)C(C(C)C)C1C(C)C.CC(C)OCC(OC(C)C)C(OC(C)C)C(OC(C)C)C(C)OC(C)C.CC(C)OCC1CC(OC(C)C)C(OC(C)C)C(OC(C)C)C1OC(C)C.CC(C)OCCN(CCOC(C)C)C(COC(C)C)(COC(C)C)COC(C)C. The third-order valence-corrected chi connectivity index (χ3v) is 24.5. The molecule has 18 atom stereocenters. The van der Waals surface area contributed by atoms with Crippen LogP contribution in [0, 0.1) is 118 Å². The van der Waals surface area contributed by atoms with Gasteiger partial charge in [0.25, 0.3) is 0 Å². The highest BCUT2D eigenvalue weighted by atomic mass is 16.6. The smallest absolute Gasteiger partial charge is 0.115 e. The molecule has 16 nitrogen and oxygen atoms in total. The summed E-state index contributed by atoms with van der Waals surface area (Å²) in [5.41, 5.74) is -0.403. The van der Waals surface area contributed by atoms with E-state index in [0.29, 0.717) is 46.2 Å². The van der Waals surface area contributed by atoms with Crippen LogP contribution in [0.2, 0.25) is 0 Å². The Morgan fingerprint density at radius 2 is 0.680 bits per heavy atom. The summed E-state index contributed by atoms with van der Waals surface area (Å²) in [4.78, 5) is 2.38. The minimum atomic E-state index is -0.403. The van der Waals surface area contributed by atoms with Crippen LogP contribution < -0.4 is 0 Å². The van der Waals surface area contributed by atoms with Crippen LogP contribution in [0.4, 0.5) is 0 Å². The summed E-state index contributed by atoms with van der Waals surface area (Å²) in [6.07, 6.45) is 5.56. The molecule has 0 saturated heterocycles. The Bertz CT molecular complexity index is 2430. The maximum absolute atomic E-state index is 6.38. The number of nitrogens with zero attached hydrogens (tertiary/aromatic N) is 1. The van der Waals surface area contributed by atoms with E-state index in [1.807, 2.05) is 76.2 Å². The maximum atomic E-state index is 6.38. The van der Waals surface area contributed by atoms with E-state index in [2.05, 4.69) is 289 Å². The number of hydrogen-bond acceptors (Lipinski definition) is 16. The molecule has 0 heterocycles. The largest absolute Gasteiger partial charge is 0.378 e. The first-order valence-corrected chi connectivity index (χ1v) is 51.8. The van der Waals surface area contributed by atoms with E-state index in [-0.39, 0.29) is 146 Å². The fourth-order valence-corrected chi connectivity index (χ4v) is 19.6. The van der Waals surface area contributed by atoms with E-state index in [1.54, 1.807) is 0 Å². The molecule has 0 bridgehead atoms. The molecule has 125 heavy (non-hydrogen) atoms. The molecule has 0 N–H and O–H groups in total. The number of hydrogen-bond donors (Lipinski definition) is 0. The molecule has 0 aromatic rings. The highest BCUT2D eigenvalue weighted by molar-refractivity contribution is 5.00. The van der Waals surface area contributed by atoms with Crippen LogP contribution in [0.15, 0.2) is 0 Å². The average Bonchev–Trinajstić information content (AvgIpc) is 0.766. The van der Waals surface area contributed by atoms with Crippen molar-refractivity contribution in [1.29, 1.82) is 0 Å². The lowest BCUT2D eigenvalue weighted by Crippen LogP contribution is -2.61. The van der Waals surface area contributed by atoms with Gasteiger partial charge in [0.15, 0.2) is 0 Å². The minimum absolute atomic E-state index is 0.0380. The molecule has 18 unspecified atom stereocenters. The quantitative estimate of drug-likeness (QED) is 0.0569. The lowest BCUT2D eigenvalue weighted by molar-refractivity contribution is -0.250. The predicted molar refractivity (Wildman–Crippen MR) is 535 cm³/mol. The minimum Gasteiger partial charge on any atom is -0.378 e. The van der Waals surface area contributed by atoms with Crippen molar-refractivity contribution in [3.8, 4) is 0 Å². The van der Waals surface area contributed by atoms with Crippen LogP contribution in [0.1, 0.15) is 386 Å². The summed E-state index contributed by atoms with van der Waals surface area (Å²) in [7, 11) is 0. The van der Waals surface area contributed by atoms with Crippen LogP contribution in [0.3, 0.4) is 0 Å². The third kappa shape index (κ3) is 55.2. The standard InChI is InChI=1S/C23H49NO5.C22H44O5.C22H44.C21H44O5.C21H44/c1-18(2)25-13-11-24(12-14-26-19(3)4)23(15-27-20(5)6,16-28-21(7)8)17-29-22(9)10;1-13(2)23-12-18-11-19(24-14(3)4)21(26-16(7)8)22(27-17(9)10)20(18)25-15(5)6;1-13(2)11-18-12-19(14(3)4)21(16(7)8)22(17(9)10)20(18)15(5)6;1-13(2)22-12-19(24-15(5)6)21(26-17(9)10)20(25-16(7)8)18(11)23-14(3)4;1-13(2)12-19(15(5)6)21(17(9)10)20(16(7)8)18(11)14(3)4/h18-22H,11-17H2,1-10H3;13-22H,11-12H2,1-10H3;13-22H,11-12H2,1-10H3;13-21H,12H2,1-11H3;13-21H,12H2,1-11H3. The third-order valence-electron chi connectivity index (χ3n) is 24.5. The molecular formula is C109H225NO15. The molecule has 2 saturated carbocycles. The Kier molecular flexibility index (Phi) is 69.4. The maximum Gasteiger partial charge on any atom is 0.115 e. The topological polar surface area (TPSA) is 142 Å². The lowest BCUT2D eigenvalue weighted by atomic mass is 9.51. The number of ether oxygens (including phenoxy) is 15. The van der Waals surface area contributed by atoms with E-state index >= 15 is 0 Å². The molecule has 0 amide bonds. The van der Waals surface area contributed by atoms with Crippen LogP contribution in [0.5, 0.6) is 0 Å². The first kappa shape index (κ1) is 128. The Hall–Kier alpha value is -0.640. The molecule has 16 heteroatoms. The van der Waals surface area contributed by atoms with Crippen LogP contribution in [-0.4, -0.2) is 210 Å². The van der Waals surface area contributed by atoms with Crippen molar-refractivity contribution in [1.82, 2.24) is 4.90 Å². The first-order chi connectivity index (χ1) is 57.5. The fourth-order valence-electron chi connectivity index (χ4n) is 19.6. The van der Waals surface area contributed by atoms with Gasteiger partial charge in [0, 0.05) is 19.0 Å². The summed E-state index contributed by atoms with van der Waals surface area (Å²) < 4.78 is 92.2.